The lowest BCUT2D eigenvalue weighted by molar-refractivity contribution is -0.215. The highest BCUT2D eigenvalue weighted by molar-refractivity contribution is 4.83. The number of hydrogen-bond donors (Lipinski definition) is 2. The maximum Gasteiger partial charge on any atom is 0.146 e. The minimum Gasteiger partial charge on any atom is -0.396 e. The highest BCUT2D eigenvalue weighted by Gasteiger charge is 2.37. The predicted octanol–water partition coefficient (Wildman–Crippen LogP) is -1.03. The Balaban J connectivity index is 1.80. The first kappa shape index (κ1) is 15.1. The lowest BCUT2D eigenvalue weighted by atomic mass is 9.90. The van der Waals surface area contributed by atoms with E-state index in [4.69, 9.17) is 23.7 Å². The van der Waals surface area contributed by atoms with Crippen molar-refractivity contribution < 1.29 is 33.9 Å². The van der Waals surface area contributed by atoms with E-state index in [1.807, 2.05) is 0 Å². The lowest BCUT2D eigenvalue weighted by Crippen LogP contribution is -2.48. The van der Waals surface area contributed by atoms with Gasteiger partial charge in [0.05, 0.1) is 63.7 Å². The fourth-order valence-electron chi connectivity index (χ4n) is 2.16. The third-order valence-electron chi connectivity index (χ3n) is 3.45. The molecule has 0 spiro atoms. The fraction of sp³-hybridized carbons (Fsp3) is 1.00. The van der Waals surface area contributed by atoms with E-state index in [9.17, 15) is 10.2 Å². The van der Waals surface area contributed by atoms with E-state index in [0.29, 0.717) is 39.6 Å². The van der Waals surface area contributed by atoms with Gasteiger partial charge < -0.3 is 33.9 Å². The van der Waals surface area contributed by atoms with Crippen molar-refractivity contribution in [2.75, 3.05) is 66.4 Å². The molecule has 2 N–H and O–H groups in total. The molecule has 0 aromatic rings. The summed E-state index contributed by atoms with van der Waals surface area (Å²) in [5.41, 5.74) is -1.05. The third-order valence-corrected chi connectivity index (χ3v) is 3.45. The summed E-state index contributed by atoms with van der Waals surface area (Å²) in [6.45, 7) is 2.62. The Morgan fingerprint density at radius 3 is 1.42 bits per heavy atom. The van der Waals surface area contributed by atoms with Crippen molar-refractivity contribution in [2.24, 2.45) is 10.8 Å². The summed E-state index contributed by atoms with van der Waals surface area (Å²) >= 11 is 0. The summed E-state index contributed by atoms with van der Waals surface area (Å²) in [6, 6.07) is 0. The zero-order chi connectivity index (χ0) is 13.6. The van der Waals surface area contributed by atoms with Crippen LogP contribution in [-0.4, -0.2) is 76.7 Å². The van der Waals surface area contributed by atoms with Crippen LogP contribution in [0.15, 0.2) is 0 Å². The summed E-state index contributed by atoms with van der Waals surface area (Å²) in [7, 11) is 0. The molecule has 7 heteroatoms. The van der Waals surface area contributed by atoms with Crippen molar-refractivity contribution in [3.05, 3.63) is 0 Å². The number of hydrogen-bond acceptors (Lipinski definition) is 7. The minimum absolute atomic E-state index is 0.0634. The normalized spacial score (nSPS) is 26.2. The van der Waals surface area contributed by atoms with Gasteiger partial charge in [0.25, 0.3) is 0 Å². The maximum absolute atomic E-state index is 9.46. The molecule has 0 saturated carbocycles. The second-order valence-corrected chi connectivity index (χ2v) is 5.44. The van der Waals surface area contributed by atoms with Gasteiger partial charge in [-0.25, -0.2) is 0 Å². The molecule has 0 atom stereocenters. The minimum atomic E-state index is -0.523. The summed E-state index contributed by atoms with van der Waals surface area (Å²) < 4.78 is 26.5. The van der Waals surface area contributed by atoms with Crippen LogP contribution in [0.5, 0.6) is 0 Å². The molecule has 0 amide bonds. The van der Waals surface area contributed by atoms with E-state index in [1.54, 1.807) is 0 Å². The highest BCUT2D eigenvalue weighted by Crippen LogP contribution is 2.26. The molecule has 2 fully saturated rings. The topological polar surface area (TPSA) is 86.6 Å². The lowest BCUT2D eigenvalue weighted by Gasteiger charge is -2.38. The van der Waals surface area contributed by atoms with E-state index >= 15 is 0 Å². The summed E-state index contributed by atoms with van der Waals surface area (Å²) in [5.74, 6) is 0. The van der Waals surface area contributed by atoms with Crippen LogP contribution in [0.3, 0.4) is 0 Å². The largest absolute Gasteiger partial charge is 0.396 e. The zero-order valence-electron chi connectivity index (χ0n) is 11.0. The Morgan fingerprint density at radius 2 is 1.11 bits per heavy atom. The smallest absolute Gasteiger partial charge is 0.146 e. The predicted molar refractivity (Wildman–Crippen MR) is 63.4 cm³/mol. The molecule has 2 heterocycles. The summed E-state index contributed by atoms with van der Waals surface area (Å²) in [6.07, 6.45) is 0. The van der Waals surface area contributed by atoms with Gasteiger partial charge in [-0.2, -0.15) is 0 Å². The molecule has 0 aromatic carbocycles. The molecule has 0 aliphatic carbocycles. The van der Waals surface area contributed by atoms with Crippen LogP contribution in [0.4, 0.5) is 0 Å². The van der Waals surface area contributed by atoms with Crippen LogP contribution in [0.25, 0.3) is 0 Å². The van der Waals surface area contributed by atoms with Gasteiger partial charge in [-0.15, -0.1) is 0 Å². The Bertz CT molecular complexity index is 233. The van der Waals surface area contributed by atoms with Crippen LogP contribution in [-0.2, 0) is 23.7 Å². The zero-order valence-corrected chi connectivity index (χ0v) is 11.0. The molecule has 2 rings (SSSR count). The quantitative estimate of drug-likeness (QED) is 0.642. The van der Waals surface area contributed by atoms with Crippen LogP contribution >= 0.6 is 0 Å². The Morgan fingerprint density at radius 1 is 0.737 bits per heavy atom. The molecule has 2 aliphatic heterocycles. The van der Waals surface area contributed by atoms with E-state index in [2.05, 4.69) is 0 Å². The monoisotopic (exact) mass is 278 g/mol. The van der Waals surface area contributed by atoms with Crippen molar-refractivity contribution >= 4 is 0 Å². The van der Waals surface area contributed by atoms with Crippen molar-refractivity contribution in [1.82, 2.24) is 0 Å². The number of rotatable bonds is 6. The van der Waals surface area contributed by atoms with Crippen molar-refractivity contribution in [3.8, 4) is 0 Å². The molecule has 0 radical (unpaired) electrons. The third kappa shape index (κ3) is 3.85. The van der Waals surface area contributed by atoms with E-state index < -0.39 is 10.8 Å². The van der Waals surface area contributed by atoms with Crippen LogP contribution in [0.2, 0.25) is 0 Å². The number of aliphatic hydroxyl groups is 2. The van der Waals surface area contributed by atoms with Crippen molar-refractivity contribution in [1.29, 1.82) is 0 Å². The Hall–Kier alpha value is -0.280. The fourth-order valence-corrected chi connectivity index (χ4v) is 2.16. The number of ether oxygens (including phenoxy) is 5. The second-order valence-electron chi connectivity index (χ2n) is 5.44. The average molecular weight is 278 g/mol. The van der Waals surface area contributed by atoms with Crippen LogP contribution in [0, 0.1) is 10.8 Å². The SMILES string of the molecule is OCC1(COCC2(CO)COCOC2)COCOC1. The van der Waals surface area contributed by atoms with Gasteiger partial charge in [0.1, 0.15) is 13.6 Å². The first-order valence-electron chi connectivity index (χ1n) is 6.35. The van der Waals surface area contributed by atoms with Gasteiger partial charge >= 0.3 is 0 Å². The average Bonchev–Trinajstić information content (AvgIpc) is 2.49. The van der Waals surface area contributed by atoms with Gasteiger partial charge in [0.2, 0.25) is 0 Å². The van der Waals surface area contributed by atoms with Crippen molar-refractivity contribution in [2.45, 2.75) is 0 Å². The molecule has 7 nitrogen and oxygen atoms in total. The Labute approximate surface area is 112 Å². The van der Waals surface area contributed by atoms with Crippen molar-refractivity contribution in [3.63, 3.8) is 0 Å². The van der Waals surface area contributed by atoms with Gasteiger partial charge in [-0.05, 0) is 0 Å². The molecule has 0 unspecified atom stereocenters. The molecular weight excluding hydrogens is 256 g/mol. The van der Waals surface area contributed by atoms with E-state index in [0.717, 1.165) is 0 Å². The second kappa shape index (κ2) is 6.94. The standard InChI is InChI=1S/C12H22O7/c13-1-11(5-16-9-17-6-11)3-15-4-12(2-14)7-18-10-19-8-12/h13-14H,1-10H2. The van der Waals surface area contributed by atoms with Gasteiger partial charge in [-0.3, -0.25) is 0 Å². The summed E-state index contributed by atoms with van der Waals surface area (Å²) in [5, 5.41) is 18.9. The highest BCUT2D eigenvalue weighted by atomic mass is 16.7. The molecule has 2 aliphatic rings. The van der Waals surface area contributed by atoms with Gasteiger partial charge in [-0.1, -0.05) is 0 Å². The number of aliphatic hydroxyl groups excluding tert-OH is 2. The maximum atomic E-state index is 9.46. The molecule has 0 aromatic heterocycles. The first-order valence-corrected chi connectivity index (χ1v) is 6.35. The molecule has 2 saturated heterocycles. The first-order chi connectivity index (χ1) is 9.24. The van der Waals surface area contributed by atoms with E-state index in [1.165, 1.54) is 0 Å². The molecule has 19 heavy (non-hydrogen) atoms. The van der Waals surface area contributed by atoms with Gasteiger partial charge in [0, 0.05) is 0 Å². The van der Waals surface area contributed by atoms with E-state index in [-0.39, 0.29) is 26.8 Å². The van der Waals surface area contributed by atoms with Crippen LogP contribution in [0.1, 0.15) is 0 Å². The summed E-state index contributed by atoms with van der Waals surface area (Å²) in [4.78, 5) is 0. The molecule has 0 bridgehead atoms. The van der Waals surface area contributed by atoms with Gasteiger partial charge in [0.15, 0.2) is 0 Å². The van der Waals surface area contributed by atoms with Crippen LogP contribution < -0.4 is 0 Å². The molecule has 112 valence electrons. The Kier molecular flexibility index (Phi) is 5.52. The molecular formula is C12H22O7.